The maximum Gasteiger partial charge on any atom is 0.343 e. The van der Waals surface area contributed by atoms with Crippen LogP contribution in [0.3, 0.4) is 0 Å². The van der Waals surface area contributed by atoms with E-state index in [0.29, 0.717) is 75.9 Å². The maximum atomic E-state index is 12.4. The first kappa shape index (κ1) is 75.1. The van der Waals surface area contributed by atoms with E-state index in [0.717, 1.165) is 41.2 Å². The molecule has 0 aromatic heterocycles. The van der Waals surface area contributed by atoms with E-state index in [2.05, 4.69) is 46.1 Å². The predicted molar refractivity (Wildman–Crippen MR) is 355 cm³/mol. The lowest BCUT2D eigenvalue weighted by molar-refractivity contribution is -0.139. The SMILES string of the molecule is C=CC(=C)OCCOc1ccc(OC(=O)c2ccc(OCCOC(=O)C=C)cc2)cc1.C=CC(=O)OCCOc1ccc(C(=O)Oc2ccc(OC(=O)c3ccc(OCCOC(=O)C=C)cc3)cc2)cc1.C=CC(=O)OCCOc1ccc2cc(OCCOC(=O)C=C)ccc2c1. The molecule has 0 radical (unpaired) electrons. The van der Waals surface area contributed by atoms with Crippen LogP contribution in [0.15, 0.2) is 246 Å². The zero-order chi connectivity index (χ0) is 70.0. The topological polar surface area (TPSA) is 275 Å². The molecule has 0 atom stereocenters. The van der Waals surface area contributed by atoms with E-state index in [1.165, 1.54) is 54.6 Å². The number of fused-ring (bicyclic) bond motifs is 1. The van der Waals surface area contributed by atoms with E-state index in [1.807, 2.05) is 36.4 Å². The number of carbonyl (C=O) groups is 8. The quantitative estimate of drug-likeness (QED) is 0.00665. The number of benzene rings is 7. The number of ether oxygens (including phenoxy) is 15. The average molecular weight is 1330 g/mol. The van der Waals surface area contributed by atoms with Crippen molar-refractivity contribution in [2.75, 3.05) is 79.3 Å². The van der Waals surface area contributed by atoms with Gasteiger partial charge in [0.1, 0.15) is 137 Å². The first-order chi connectivity index (χ1) is 47.0. The summed E-state index contributed by atoms with van der Waals surface area (Å²) in [4.78, 5) is 92.0. The van der Waals surface area contributed by atoms with Gasteiger partial charge in [0.15, 0.2) is 0 Å². The van der Waals surface area contributed by atoms with Crippen LogP contribution in [0.25, 0.3) is 10.8 Å². The van der Waals surface area contributed by atoms with Crippen molar-refractivity contribution in [3.05, 3.63) is 263 Å². The second kappa shape index (κ2) is 42.5. The molecule has 97 heavy (non-hydrogen) atoms. The number of rotatable bonds is 37. The van der Waals surface area contributed by atoms with Crippen LogP contribution in [0.4, 0.5) is 0 Å². The first-order valence-electron chi connectivity index (χ1n) is 29.4. The third kappa shape index (κ3) is 29.2. The molecule has 0 amide bonds. The molecule has 7 aromatic carbocycles. The van der Waals surface area contributed by atoms with Gasteiger partial charge in [0.05, 0.1) is 16.7 Å². The standard InChI is InChI=1S/C30H26O10.C24H24O7.C20H20O6/c1-3-27(31)37-19-17-35-23-9-5-21(6-10-23)29(33)39-25-13-15-26(16-14-25)40-30(34)22-7-11-24(12-8-22)36-18-20-38-28(32)4-2;1-4-18(3)27-14-15-28-21-10-12-22(13-11-21)31-24(26)19-6-8-20(9-7-19)29-16-17-30-23(25)5-2;1-3-19(21)25-11-9-23-17-7-5-16-14-18(8-6-15(16)13-17)24-10-12-26-20(22)4-2/h3-16H,1-2,17-20H2;4-13H,1-3,14-17H2;3-8,13-14H,1-2,9-12H2. The van der Waals surface area contributed by atoms with Gasteiger partial charge in [0.2, 0.25) is 0 Å². The van der Waals surface area contributed by atoms with E-state index in [9.17, 15) is 38.4 Å². The van der Waals surface area contributed by atoms with Crippen molar-refractivity contribution < 1.29 is 109 Å². The van der Waals surface area contributed by atoms with E-state index in [-0.39, 0.29) is 77.6 Å². The Balaban J connectivity index is 0.000000270. The van der Waals surface area contributed by atoms with Crippen molar-refractivity contribution in [2.24, 2.45) is 0 Å². The van der Waals surface area contributed by atoms with Gasteiger partial charge in [0, 0.05) is 30.4 Å². The largest absolute Gasteiger partial charge is 0.491 e. The number of hydrogen-bond acceptors (Lipinski definition) is 23. The summed E-state index contributed by atoms with van der Waals surface area (Å²) in [5.74, 6) is 0.685. The summed E-state index contributed by atoms with van der Waals surface area (Å²) in [5, 5.41) is 1.96. The van der Waals surface area contributed by atoms with Gasteiger partial charge in [-0.25, -0.2) is 38.4 Å². The molecular weight excluding hydrogens is 1260 g/mol. The Bertz CT molecular complexity index is 3630. The summed E-state index contributed by atoms with van der Waals surface area (Å²) in [5.41, 5.74) is 0.961. The highest BCUT2D eigenvalue weighted by Gasteiger charge is 2.14. The summed E-state index contributed by atoms with van der Waals surface area (Å²) in [6.45, 7) is 26.0. The van der Waals surface area contributed by atoms with Crippen LogP contribution in [0.1, 0.15) is 31.1 Å². The second-order valence-corrected chi connectivity index (χ2v) is 18.8. The molecule has 504 valence electrons. The highest BCUT2D eigenvalue weighted by molar-refractivity contribution is 5.93. The minimum Gasteiger partial charge on any atom is -0.491 e. The van der Waals surface area contributed by atoms with Crippen molar-refractivity contribution in [1.29, 1.82) is 0 Å². The predicted octanol–water partition coefficient (Wildman–Crippen LogP) is 11.5. The lowest BCUT2D eigenvalue weighted by atomic mass is 10.1. The molecule has 0 N–H and O–H groups in total. The molecule has 0 aliphatic rings. The monoisotopic (exact) mass is 1330 g/mol. The molecule has 7 aromatic rings. The Labute approximate surface area is 559 Å². The second-order valence-electron chi connectivity index (χ2n) is 18.8. The molecule has 23 nitrogen and oxygen atoms in total. The zero-order valence-electron chi connectivity index (χ0n) is 52.8. The lowest BCUT2D eigenvalue weighted by Gasteiger charge is -2.09. The van der Waals surface area contributed by atoms with Gasteiger partial charge in [-0.15, -0.1) is 0 Å². The highest BCUT2D eigenvalue weighted by Crippen LogP contribution is 2.26. The van der Waals surface area contributed by atoms with E-state index < -0.39 is 47.8 Å². The van der Waals surface area contributed by atoms with Crippen molar-refractivity contribution in [2.45, 2.75) is 0 Å². The molecule has 0 aliphatic heterocycles. The Morgan fingerprint density at radius 1 is 0.247 bits per heavy atom. The molecule has 0 unspecified atom stereocenters. The third-order valence-corrected chi connectivity index (χ3v) is 12.0. The Kier molecular flexibility index (Phi) is 32.9. The van der Waals surface area contributed by atoms with Gasteiger partial charge >= 0.3 is 47.8 Å². The highest BCUT2D eigenvalue weighted by atomic mass is 16.6. The van der Waals surface area contributed by atoms with Gasteiger partial charge in [-0.2, -0.15) is 0 Å². The van der Waals surface area contributed by atoms with Crippen LogP contribution in [0.5, 0.6) is 51.7 Å². The molecule has 0 fully saturated rings. The number of carbonyl (C=O) groups excluding carboxylic acids is 8. The lowest BCUT2D eigenvalue weighted by Crippen LogP contribution is -2.11. The molecule has 23 heteroatoms. The van der Waals surface area contributed by atoms with Crippen molar-refractivity contribution >= 4 is 58.5 Å². The summed E-state index contributed by atoms with van der Waals surface area (Å²) in [7, 11) is 0. The first-order valence-corrected chi connectivity index (χ1v) is 29.4. The zero-order valence-corrected chi connectivity index (χ0v) is 52.8. The van der Waals surface area contributed by atoms with Gasteiger partial charge in [-0.05, 0) is 162 Å². The van der Waals surface area contributed by atoms with Crippen molar-refractivity contribution in [1.82, 2.24) is 0 Å². The number of esters is 8. The van der Waals surface area contributed by atoms with Gasteiger partial charge in [0.25, 0.3) is 0 Å². The summed E-state index contributed by atoms with van der Waals surface area (Å²) >= 11 is 0. The van der Waals surface area contributed by atoms with Crippen LogP contribution in [0.2, 0.25) is 0 Å². The fraction of sp³-hybridized carbons (Fsp3) is 0.162. The van der Waals surface area contributed by atoms with E-state index >= 15 is 0 Å². The van der Waals surface area contributed by atoms with Gasteiger partial charge in [-0.1, -0.05) is 58.2 Å². The molecular formula is C74H70O23. The summed E-state index contributed by atoms with van der Waals surface area (Å²) in [6, 6.07) is 42.9. The normalized spacial score (nSPS) is 9.94. The average Bonchev–Trinajstić information content (AvgIpc) is 1.15. The summed E-state index contributed by atoms with van der Waals surface area (Å²) < 4.78 is 78.4. The van der Waals surface area contributed by atoms with Crippen LogP contribution >= 0.6 is 0 Å². The fourth-order valence-electron chi connectivity index (χ4n) is 7.32. The molecule has 0 bridgehead atoms. The smallest absolute Gasteiger partial charge is 0.343 e. The van der Waals surface area contributed by atoms with Crippen molar-refractivity contribution in [3.63, 3.8) is 0 Å². The van der Waals surface area contributed by atoms with Crippen molar-refractivity contribution in [3.8, 4) is 51.7 Å². The van der Waals surface area contributed by atoms with Crippen LogP contribution in [-0.4, -0.2) is 127 Å². The van der Waals surface area contributed by atoms with Gasteiger partial charge < -0.3 is 71.1 Å². The van der Waals surface area contributed by atoms with E-state index in [1.54, 1.807) is 72.8 Å². The Morgan fingerprint density at radius 3 is 0.691 bits per heavy atom. The number of hydrogen-bond donors (Lipinski definition) is 0. The molecule has 0 saturated carbocycles. The Hall–Kier alpha value is -12.7. The molecule has 0 heterocycles. The molecule has 0 spiro atoms. The number of allylic oxidation sites excluding steroid dienone is 1. The minimum atomic E-state index is -0.586. The Morgan fingerprint density at radius 2 is 0.454 bits per heavy atom. The fourth-order valence-corrected chi connectivity index (χ4v) is 7.32. The van der Waals surface area contributed by atoms with E-state index in [4.69, 9.17) is 71.1 Å². The molecule has 0 aliphatic carbocycles. The van der Waals surface area contributed by atoms with Crippen LogP contribution in [-0.2, 0) is 52.4 Å². The summed E-state index contributed by atoms with van der Waals surface area (Å²) in [6.07, 6.45) is 6.95. The molecule has 7 rings (SSSR count). The molecule has 0 saturated heterocycles. The van der Waals surface area contributed by atoms with Gasteiger partial charge in [-0.3, -0.25) is 0 Å². The third-order valence-electron chi connectivity index (χ3n) is 12.0. The maximum absolute atomic E-state index is 12.4. The van der Waals surface area contributed by atoms with Crippen LogP contribution in [0, 0.1) is 0 Å². The minimum absolute atomic E-state index is 0.0686. The van der Waals surface area contributed by atoms with Crippen LogP contribution < -0.4 is 42.6 Å².